The van der Waals surface area contributed by atoms with Gasteiger partial charge in [-0.15, -0.1) is 0 Å². The Bertz CT molecular complexity index is 492. The average molecular weight is 286 g/mol. The molecule has 2 aliphatic heterocycles. The molecule has 2 saturated heterocycles. The first kappa shape index (κ1) is 14.6. The summed E-state index contributed by atoms with van der Waals surface area (Å²) >= 11 is 0. The van der Waals surface area contributed by atoms with Gasteiger partial charge in [0.15, 0.2) is 0 Å². The van der Waals surface area contributed by atoms with Crippen molar-refractivity contribution in [1.82, 2.24) is 10.2 Å². The number of piperidine rings is 1. The molecule has 1 unspecified atom stereocenters. The maximum absolute atomic E-state index is 12.6. The van der Waals surface area contributed by atoms with Crippen molar-refractivity contribution in [3.63, 3.8) is 0 Å². The highest BCUT2D eigenvalue weighted by molar-refractivity contribution is 5.94. The fourth-order valence-corrected chi connectivity index (χ4v) is 3.90. The Kier molecular flexibility index (Phi) is 4.29. The predicted octanol–water partition coefficient (Wildman–Crippen LogP) is 2.91. The number of nitrogens with zero attached hydrogens (tertiary/aromatic N) is 1. The van der Waals surface area contributed by atoms with Crippen LogP contribution in [0.15, 0.2) is 18.2 Å². The van der Waals surface area contributed by atoms with Crippen molar-refractivity contribution in [3.8, 4) is 0 Å². The molecule has 3 rings (SSSR count). The zero-order valence-electron chi connectivity index (χ0n) is 13.2. The van der Waals surface area contributed by atoms with Crippen LogP contribution in [-0.4, -0.2) is 36.5 Å². The summed E-state index contributed by atoms with van der Waals surface area (Å²) < 4.78 is 0. The lowest BCUT2D eigenvalue weighted by Crippen LogP contribution is -2.43. The lowest BCUT2D eigenvalue weighted by molar-refractivity contribution is 0.0674. The van der Waals surface area contributed by atoms with Crippen molar-refractivity contribution in [3.05, 3.63) is 34.9 Å². The molecular formula is C18H26N2O. The summed E-state index contributed by atoms with van der Waals surface area (Å²) in [5, 5.41) is 3.61. The summed E-state index contributed by atoms with van der Waals surface area (Å²) in [7, 11) is 0. The monoisotopic (exact) mass is 286 g/mol. The van der Waals surface area contributed by atoms with Crippen LogP contribution in [0.4, 0.5) is 0 Å². The summed E-state index contributed by atoms with van der Waals surface area (Å²) in [5.74, 6) is 0.968. The van der Waals surface area contributed by atoms with E-state index in [0.29, 0.717) is 6.04 Å². The van der Waals surface area contributed by atoms with Crippen molar-refractivity contribution in [2.24, 2.45) is 5.92 Å². The van der Waals surface area contributed by atoms with Crippen molar-refractivity contribution in [1.29, 1.82) is 0 Å². The fraction of sp³-hybridized carbons (Fsp3) is 0.611. The third-order valence-corrected chi connectivity index (χ3v) is 4.96. The Balaban J connectivity index is 1.62. The number of carbonyl (C=O) groups is 1. The summed E-state index contributed by atoms with van der Waals surface area (Å²) in [6.07, 6.45) is 4.92. The summed E-state index contributed by atoms with van der Waals surface area (Å²) in [6.45, 7) is 7.11. The average Bonchev–Trinajstić information content (AvgIpc) is 3.00. The van der Waals surface area contributed by atoms with Crippen LogP contribution in [0.5, 0.6) is 0 Å². The number of amides is 1. The molecule has 1 amide bonds. The van der Waals surface area contributed by atoms with E-state index in [2.05, 4.69) is 25.2 Å². The number of aryl methyl sites for hydroxylation is 2. The summed E-state index contributed by atoms with van der Waals surface area (Å²) in [4.78, 5) is 14.7. The van der Waals surface area contributed by atoms with Crippen LogP contribution in [-0.2, 0) is 0 Å². The number of rotatable bonds is 2. The minimum Gasteiger partial charge on any atom is -0.339 e. The summed E-state index contributed by atoms with van der Waals surface area (Å²) in [6, 6.07) is 6.85. The van der Waals surface area contributed by atoms with E-state index in [4.69, 9.17) is 0 Å². The quantitative estimate of drug-likeness (QED) is 0.906. The van der Waals surface area contributed by atoms with Crippen LogP contribution in [0, 0.1) is 19.8 Å². The highest BCUT2D eigenvalue weighted by Crippen LogP contribution is 2.26. The van der Waals surface area contributed by atoms with E-state index in [9.17, 15) is 4.79 Å². The maximum atomic E-state index is 12.6. The number of carbonyl (C=O) groups excluding carboxylic acids is 1. The lowest BCUT2D eigenvalue weighted by Gasteiger charge is -2.35. The van der Waals surface area contributed by atoms with E-state index in [0.717, 1.165) is 37.4 Å². The van der Waals surface area contributed by atoms with E-state index in [-0.39, 0.29) is 5.91 Å². The SMILES string of the molecule is Cc1cc(C)cc(C(=O)N2CCC(C3CCCN3)CC2)c1. The van der Waals surface area contributed by atoms with E-state index in [1.807, 2.05) is 17.0 Å². The lowest BCUT2D eigenvalue weighted by atomic mass is 9.88. The summed E-state index contributed by atoms with van der Waals surface area (Å²) in [5.41, 5.74) is 3.19. The van der Waals surface area contributed by atoms with E-state index in [1.54, 1.807) is 0 Å². The zero-order chi connectivity index (χ0) is 14.8. The molecule has 1 aromatic carbocycles. The Morgan fingerprint density at radius 2 is 1.76 bits per heavy atom. The molecule has 0 spiro atoms. The predicted molar refractivity (Wildman–Crippen MR) is 85.6 cm³/mol. The minimum absolute atomic E-state index is 0.208. The second kappa shape index (κ2) is 6.18. The molecule has 2 aliphatic rings. The first-order valence-corrected chi connectivity index (χ1v) is 8.24. The van der Waals surface area contributed by atoms with Gasteiger partial charge in [0.1, 0.15) is 0 Å². The smallest absolute Gasteiger partial charge is 0.253 e. The largest absolute Gasteiger partial charge is 0.339 e. The Morgan fingerprint density at radius 3 is 2.33 bits per heavy atom. The molecule has 1 atom stereocenters. The van der Waals surface area contributed by atoms with E-state index < -0.39 is 0 Å². The number of hydrogen-bond donors (Lipinski definition) is 1. The molecule has 21 heavy (non-hydrogen) atoms. The Labute approximate surface area is 127 Å². The van der Waals surface area contributed by atoms with Crippen LogP contribution in [0.1, 0.15) is 47.2 Å². The zero-order valence-corrected chi connectivity index (χ0v) is 13.2. The van der Waals surface area contributed by atoms with Crippen molar-refractivity contribution < 1.29 is 4.79 Å². The third-order valence-electron chi connectivity index (χ3n) is 4.96. The van der Waals surface area contributed by atoms with Crippen molar-refractivity contribution in [2.75, 3.05) is 19.6 Å². The Hall–Kier alpha value is -1.35. The van der Waals surface area contributed by atoms with Crippen LogP contribution < -0.4 is 5.32 Å². The molecule has 3 nitrogen and oxygen atoms in total. The van der Waals surface area contributed by atoms with Gasteiger partial charge in [0.2, 0.25) is 0 Å². The van der Waals surface area contributed by atoms with Crippen LogP contribution in [0.3, 0.4) is 0 Å². The molecule has 3 heteroatoms. The van der Waals surface area contributed by atoms with Crippen molar-refractivity contribution in [2.45, 2.75) is 45.6 Å². The van der Waals surface area contributed by atoms with Gasteiger partial charge in [-0.2, -0.15) is 0 Å². The highest BCUT2D eigenvalue weighted by atomic mass is 16.2. The Morgan fingerprint density at radius 1 is 1.10 bits per heavy atom. The molecule has 0 saturated carbocycles. The van der Waals surface area contributed by atoms with Gasteiger partial charge in [-0.3, -0.25) is 4.79 Å². The third kappa shape index (κ3) is 3.29. The van der Waals surface area contributed by atoms with E-state index >= 15 is 0 Å². The first-order valence-electron chi connectivity index (χ1n) is 8.24. The molecular weight excluding hydrogens is 260 g/mol. The molecule has 1 N–H and O–H groups in total. The van der Waals surface area contributed by atoms with Gasteiger partial charge in [0.25, 0.3) is 5.91 Å². The molecule has 1 aromatic rings. The second-order valence-corrected chi connectivity index (χ2v) is 6.71. The van der Waals surface area contributed by atoms with E-state index in [1.165, 1.54) is 30.5 Å². The van der Waals surface area contributed by atoms with Crippen LogP contribution >= 0.6 is 0 Å². The molecule has 0 bridgehead atoms. The van der Waals surface area contributed by atoms with Gasteiger partial charge >= 0.3 is 0 Å². The van der Waals surface area contributed by atoms with Gasteiger partial charge < -0.3 is 10.2 Å². The van der Waals surface area contributed by atoms with Gasteiger partial charge in [0, 0.05) is 24.7 Å². The molecule has 0 aromatic heterocycles. The molecule has 114 valence electrons. The number of benzene rings is 1. The number of likely N-dealkylation sites (tertiary alicyclic amines) is 1. The van der Waals surface area contributed by atoms with Gasteiger partial charge in [-0.25, -0.2) is 0 Å². The number of hydrogen-bond acceptors (Lipinski definition) is 2. The molecule has 0 aliphatic carbocycles. The normalized spacial score (nSPS) is 23.5. The standard InChI is InChI=1S/C18H26N2O/c1-13-10-14(2)12-16(11-13)18(21)20-8-5-15(6-9-20)17-4-3-7-19-17/h10-12,15,17,19H,3-9H2,1-2H3. The maximum Gasteiger partial charge on any atom is 0.253 e. The van der Waals surface area contributed by atoms with Crippen LogP contribution in [0.25, 0.3) is 0 Å². The minimum atomic E-state index is 0.208. The molecule has 2 heterocycles. The number of nitrogens with one attached hydrogen (secondary N) is 1. The molecule has 0 radical (unpaired) electrons. The van der Waals surface area contributed by atoms with Crippen molar-refractivity contribution >= 4 is 5.91 Å². The van der Waals surface area contributed by atoms with Gasteiger partial charge in [-0.1, -0.05) is 17.2 Å². The second-order valence-electron chi connectivity index (χ2n) is 6.71. The topological polar surface area (TPSA) is 32.3 Å². The van der Waals surface area contributed by atoms with Crippen LogP contribution in [0.2, 0.25) is 0 Å². The van der Waals surface area contributed by atoms with Gasteiger partial charge in [0.05, 0.1) is 0 Å². The first-order chi connectivity index (χ1) is 10.1. The van der Waals surface area contributed by atoms with Gasteiger partial charge in [-0.05, 0) is 64.1 Å². The molecule has 2 fully saturated rings. The highest BCUT2D eigenvalue weighted by Gasteiger charge is 2.30. The fourth-order valence-electron chi connectivity index (χ4n) is 3.90.